The number of hydrogen-bond donors (Lipinski definition) is 2. The highest BCUT2D eigenvalue weighted by Crippen LogP contribution is 2.34. The molecule has 1 aromatic carbocycles. The van der Waals surface area contributed by atoms with Crippen LogP contribution in [0.15, 0.2) is 24.3 Å². The molecule has 1 fully saturated rings. The summed E-state index contributed by atoms with van der Waals surface area (Å²) in [6, 6.07) is 6.13. The van der Waals surface area contributed by atoms with E-state index in [9.17, 15) is 14.9 Å². The van der Waals surface area contributed by atoms with E-state index in [0.717, 1.165) is 37.8 Å². The maximum atomic E-state index is 11.1. The Hall–Kier alpha value is -2.11. The van der Waals surface area contributed by atoms with Crippen LogP contribution in [0.1, 0.15) is 38.5 Å². The predicted molar refractivity (Wildman–Crippen MR) is 74.8 cm³/mol. The predicted octanol–water partition coefficient (Wildman–Crippen LogP) is 3.18. The van der Waals surface area contributed by atoms with E-state index in [1.807, 2.05) is 0 Å². The first kappa shape index (κ1) is 14.3. The lowest BCUT2D eigenvalue weighted by Gasteiger charge is -2.38. The standard InChI is InChI=1S/C14H18N2O4/c17-13(18)10-14(8-2-1-3-9-14)15-11-4-6-12(7-5-11)16(19)20/h4-7,15H,1-3,8-10H2,(H,17,18). The molecule has 6 heteroatoms. The fraction of sp³-hybridized carbons (Fsp3) is 0.500. The summed E-state index contributed by atoms with van der Waals surface area (Å²) < 4.78 is 0. The van der Waals surface area contributed by atoms with E-state index in [1.54, 1.807) is 12.1 Å². The van der Waals surface area contributed by atoms with Gasteiger partial charge < -0.3 is 10.4 Å². The summed E-state index contributed by atoms with van der Waals surface area (Å²) >= 11 is 0. The van der Waals surface area contributed by atoms with Crippen LogP contribution in [-0.4, -0.2) is 21.5 Å². The van der Waals surface area contributed by atoms with Crippen molar-refractivity contribution in [2.75, 3.05) is 5.32 Å². The normalized spacial score (nSPS) is 17.4. The van der Waals surface area contributed by atoms with Gasteiger partial charge in [0.2, 0.25) is 0 Å². The number of nitrogens with zero attached hydrogens (tertiary/aromatic N) is 1. The van der Waals surface area contributed by atoms with Crippen molar-refractivity contribution in [1.29, 1.82) is 0 Å². The van der Waals surface area contributed by atoms with Crippen LogP contribution in [0.4, 0.5) is 11.4 Å². The third kappa shape index (κ3) is 3.46. The van der Waals surface area contributed by atoms with E-state index in [-0.39, 0.29) is 12.1 Å². The van der Waals surface area contributed by atoms with Gasteiger partial charge in [0.1, 0.15) is 0 Å². The minimum atomic E-state index is -0.818. The van der Waals surface area contributed by atoms with Gasteiger partial charge in [0.05, 0.1) is 11.3 Å². The third-order valence-corrected chi connectivity index (χ3v) is 3.79. The second-order valence-corrected chi connectivity index (χ2v) is 5.34. The molecule has 0 unspecified atom stereocenters. The monoisotopic (exact) mass is 278 g/mol. The molecule has 1 aliphatic carbocycles. The summed E-state index contributed by atoms with van der Waals surface area (Å²) in [7, 11) is 0. The Bertz CT molecular complexity index is 492. The highest BCUT2D eigenvalue weighted by atomic mass is 16.6. The molecule has 0 radical (unpaired) electrons. The fourth-order valence-electron chi connectivity index (χ4n) is 2.84. The van der Waals surface area contributed by atoms with Crippen molar-refractivity contribution in [3.8, 4) is 0 Å². The molecule has 1 aliphatic rings. The molecule has 0 aromatic heterocycles. The van der Waals surface area contributed by atoms with Gasteiger partial charge in [-0.15, -0.1) is 0 Å². The zero-order valence-electron chi connectivity index (χ0n) is 11.2. The van der Waals surface area contributed by atoms with Gasteiger partial charge in [-0.25, -0.2) is 0 Å². The molecule has 0 saturated heterocycles. The summed E-state index contributed by atoms with van der Waals surface area (Å²) in [6.45, 7) is 0. The minimum Gasteiger partial charge on any atom is -0.481 e. The minimum absolute atomic E-state index is 0.0338. The highest BCUT2D eigenvalue weighted by Gasteiger charge is 2.34. The van der Waals surface area contributed by atoms with E-state index in [4.69, 9.17) is 5.11 Å². The van der Waals surface area contributed by atoms with Crippen LogP contribution < -0.4 is 5.32 Å². The molecule has 2 rings (SSSR count). The van der Waals surface area contributed by atoms with Crippen LogP contribution in [0.3, 0.4) is 0 Å². The van der Waals surface area contributed by atoms with Gasteiger partial charge in [0.15, 0.2) is 0 Å². The number of hydrogen-bond acceptors (Lipinski definition) is 4. The summed E-state index contributed by atoms with van der Waals surface area (Å²) in [5.74, 6) is -0.818. The molecule has 1 saturated carbocycles. The number of anilines is 1. The van der Waals surface area contributed by atoms with Crippen molar-refractivity contribution in [1.82, 2.24) is 0 Å². The zero-order chi connectivity index (χ0) is 14.6. The Labute approximate surface area is 117 Å². The Kier molecular flexibility index (Phi) is 4.22. The van der Waals surface area contributed by atoms with E-state index in [1.165, 1.54) is 12.1 Å². The van der Waals surface area contributed by atoms with Crippen LogP contribution in [0.25, 0.3) is 0 Å². The van der Waals surface area contributed by atoms with Crippen molar-refractivity contribution >= 4 is 17.3 Å². The summed E-state index contributed by atoms with van der Waals surface area (Å²) in [6.07, 6.45) is 4.85. The molecule has 20 heavy (non-hydrogen) atoms. The number of carbonyl (C=O) groups is 1. The molecular weight excluding hydrogens is 260 g/mol. The van der Waals surface area contributed by atoms with Crippen molar-refractivity contribution < 1.29 is 14.8 Å². The topological polar surface area (TPSA) is 92.5 Å². The average Bonchev–Trinajstić information content (AvgIpc) is 2.39. The lowest BCUT2D eigenvalue weighted by molar-refractivity contribution is -0.384. The molecule has 0 amide bonds. The van der Waals surface area contributed by atoms with Gasteiger partial charge in [-0.3, -0.25) is 14.9 Å². The number of nitrogens with one attached hydrogen (secondary N) is 1. The van der Waals surface area contributed by atoms with Gasteiger partial charge in [-0.2, -0.15) is 0 Å². The molecular formula is C14H18N2O4. The first-order valence-corrected chi connectivity index (χ1v) is 6.75. The molecule has 0 spiro atoms. The molecule has 0 bridgehead atoms. The van der Waals surface area contributed by atoms with Gasteiger partial charge in [-0.05, 0) is 25.0 Å². The van der Waals surface area contributed by atoms with Crippen LogP contribution in [0.5, 0.6) is 0 Å². The maximum Gasteiger partial charge on any atom is 0.305 e. The zero-order valence-corrected chi connectivity index (χ0v) is 11.2. The van der Waals surface area contributed by atoms with Crippen LogP contribution in [-0.2, 0) is 4.79 Å². The van der Waals surface area contributed by atoms with E-state index in [2.05, 4.69) is 5.32 Å². The van der Waals surface area contributed by atoms with Gasteiger partial charge in [0.25, 0.3) is 5.69 Å². The first-order chi connectivity index (χ1) is 9.51. The van der Waals surface area contributed by atoms with Crippen LogP contribution in [0, 0.1) is 10.1 Å². The lowest BCUT2D eigenvalue weighted by Crippen LogP contribution is -2.42. The van der Waals surface area contributed by atoms with Crippen molar-refractivity contribution in [3.63, 3.8) is 0 Å². The Balaban J connectivity index is 2.14. The lowest BCUT2D eigenvalue weighted by atomic mass is 9.79. The molecule has 0 atom stereocenters. The Morgan fingerprint density at radius 2 is 1.85 bits per heavy atom. The third-order valence-electron chi connectivity index (χ3n) is 3.79. The van der Waals surface area contributed by atoms with Gasteiger partial charge in [-0.1, -0.05) is 19.3 Å². The van der Waals surface area contributed by atoms with E-state index >= 15 is 0 Å². The number of benzene rings is 1. The van der Waals surface area contributed by atoms with Gasteiger partial charge >= 0.3 is 5.97 Å². The Morgan fingerprint density at radius 3 is 2.35 bits per heavy atom. The van der Waals surface area contributed by atoms with Gasteiger partial charge in [0, 0.05) is 23.4 Å². The van der Waals surface area contributed by atoms with Crippen LogP contribution >= 0.6 is 0 Å². The van der Waals surface area contributed by atoms with E-state index in [0.29, 0.717) is 0 Å². The smallest absolute Gasteiger partial charge is 0.305 e. The molecule has 2 N–H and O–H groups in total. The first-order valence-electron chi connectivity index (χ1n) is 6.75. The number of carboxylic acid groups (broad SMARTS) is 1. The average molecular weight is 278 g/mol. The van der Waals surface area contributed by atoms with Crippen LogP contribution in [0.2, 0.25) is 0 Å². The van der Waals surface area contributed by atoms with Crippen molar-refractivity contribution in [2.45, 2.75) is 44.1 Å². The van der Waals surface area contributed by atoms with Crippen molar-refractivity contribution in [3.05, 3.63) is 34.4 Å². The summed E-state index contributed by atoms with van der Waals surface area (Å²) in [5, 5.41) is 23.0. The van der Waals surface area contributed by atoms with E-state index < -0.39 is 16.4 Å². The molecule has 1 aromatic rings. The number of carboxylic acids is 1. The number of rotatable bonds is 5. The van der Waals surface area contributed by atoms with Crippen molar-refractivity contribution in [2.24, 2.45) is 0 Å². The quantitative estimate of drug-likeness (QED) is 0.637. The molecule has 108 valence electrons. The maximum absolute atomic E-state index is 11.1. The summed E-state index contributed by atoms with van der Waals surface area (Å²) in [5.41, 5.74) is 0.338. The number of non-ortho nitro benzene ring substituents is 1. The molecule has 6 nitrogen and oxygen atoms in total. The molecule has 0 heterocycles. The second kappa shape index (κ2) is 5.90. The number of nitro groups is 1. The number of aliphatic carboxylic acids is 1. The summed E-state index contributed by atoms with van der Waals surface area (Å²) in [4.78, 5) is 21.2. The molecule has 0 aliphatic heterocycles. The SMILES string of the molecule is O=C(O)CC1(Nc2ccc([N+](=O)[O-])cc2)CCCCC1. The largest absolute Gasteiger partial charge is 0.481 e. The highest BCUT2D eigenvalue weighted by molar-refractivity contribution is 5.69. The Morgan fingerprint density at radius 1 is 1.25 bits per heavy atom. The second-order valence-electron chi connectivity index (χ2n) is 5.34. The number of nitro benzene ring substituents is 1. The fourth-order valence-corrected chi connectivity index (χ4v) is 2.84.